The number of nitrogens with one attached hydrogen (secondary N) is 1. The average Bonchev–Trinajstić information content (AvgIpc) is 2.30. The van der Waals surface area contributed by atoms with Crippen LogP contribution in [0.15, 0.2) is 24.4 Å². The molecule has 3 nitrogen and oxygen atoms in total. The second kappa shape index (κ2) is 4.45. The molecule has 17 heavy (non-hydrogen) atoms. The minimum absolute atomic E-state index is 0.298. The van der Waals surface area contributed by atoms with Gasteiger partial charge in [0.15, 0.2) is 0 Å². The van der Waals surface area contributed by atoms with Crippen molar-refractivity contribution in [3.05, 3.63) is 41.7 Å². The summed E-state index contributed by atoms with van der Waals surface area (Å²) >= 11 is 0. The summed E-state index contributed by atoms with van der Waals surface area (Å²) in [6.07, 6.45) is 1.52. The zero-order valence-electron chi connectivity index (χ0n) is 9.46. The molecule has 0 aliphatic heterocycles. The summed E-state index contributed by atoms with van der Waals surface area (Å²) in [6, 6.07) is 3.44. The van der Waals surface area contributed by atoms with Crippen LogP contribution in [0.2, 0.25) is 0 Å². The van der Waals surface area contributed by atoms with Crippen molar-refractivity contribution in [2.45, 2.75) is 6.92 Å². The smallest absolute Gasteiger partial charge is 0.222 e. The summed E-state index contributed by atoms with van der Waals surface area (Å²) in [4.78, 5) is 8.16. The Morgan fingerprint density at radius 1 is 1.18 bits per heavy atom. The molecule has 1 heterocycles. The first-order chi connectivity index (χ1) is 8.11. The van der Waals surface area contributed by atoms with Crippen molar-refractivity contribution in [1.29, 1.82) is 0 Å². The van der Waals surface area contributed by atoms with Gasteiger partial charge in [0, 0.05) is 30.4 Å². The van der Waals surface area contributed by atoms with E-state index in [1.54, 1.807) is 14.0 Å². The van der Waals surface area contributed by atoms with Gasteiger partial charge in [-0.15, -0.1) is 0 Å². The number of aryl methyl sites for hydroxylation is 1. The molecule has 0 saturated heterocycles. The fraction of sp³-hybridized carbons (Fsp3) is 0.167. The molecule has 0 aliphatic rings. The topological polar surface area (TPSA) is 37.8 Å². The Hall–Kier alpha value is -2.04. The molecule has 0 amide bonds. The van der Waals surface area contributed by atoms with Crippen LogP contribution in [-0.2, 0) is 0 Å². The van der Waals surface area contributed by atoms with E-state index in [-0.39, 0.29) is 0 Å². The third kappa shape index (κ3) is 2.22. The molecule has 0 radical (unpaired) electrons. The molecule has 1 aromatic heterocycles. The number of hydrogen-bond acceptors (Lipinski definition) is 3. The third-order valence-electron chi connectivity index (χ3n) is 2.42. The van der Waals surface area contributed by atoms with Crippen molar-refractivity contribution in [2.75, 3.05) is 12.4 Å². The highest BCUT2D eigenvalue weighted by molar-refractivity contribution is 5.66. The summed E-state index contributed by atoms with van der Waals surface area (Å²) in [6.45, 7) is 1.75. The van der Waals surface area contributed by atoms with Crippen molar-refractivity contribution in [3.8, 4) is 11.1 Å². The Labute approximate surface area is 97.5 Å². The van der Waals surface area contributed by atoms with Crippen molar-refractivity contribution in [3.63, 3.8) is 0 Å². The highest BCUT2D eigenvalue weighted by Crippen LogP contribution is 2.25. The van der Waals surface area contributed by atoms with Gasteiger partial charge in [-0.25, -0.2) is 18.7 Å². The normalized spacial score (nSPS) is 10.4. The molecule has 0 unspecified atom stereocenters. The van der Waals surface area contributed by atoms with Crippen LogP contribution < -0.4 is 5.32 Å². The van der Waals surface area contributed by atoms with Crippen molar-refractivity contribution in [2.24, 2.45) is 0 Å². The first-order valence-corrected chi connectivity index (χ1v) is 5.08. The van der Waals surface area contributed by atoms with Gasteiger partial charge in [-0.2, -0.15) is 0 Å². The van der Waals surface area contributed by atoms with Crippen LogP contribution in [-0.4, -0.2) is 17.0 Å². The Morgan fingerprint density at radius 2 is 1.94 bits per heavy atom. The van der Waals surface area contributed by atoms with Gasteiger partial charge in [-0.1, -0.05) is 0 Å². The molecule has 5 heteroatoms. The highest BCUT2D eigenvalue weighted by Gasteiger charge is 2.10. The standard InChI is InChI=1S/C12H11F2N3/c1-7-10(6-16-12(15-2)17-7)9-4-3-8(13)5-11(9)14/h3-6H,1-2H3,(H,15,16,17). The molecule has 0 spiro atoms. The van der Waals surface area contributed by atoms with Crippen LogP contribution in [0.4, 0.5) is 14.7 Å². The predicted octanol–water partition coefficient (Wildman–Crippen LogP) is 2.77. The molecule has 2 rings (SSSR count). The number of anilines is 1. The zero-order valence-corrected chi connectivity index (χ0v) is 9.46. The van der Waals surface area contributed by atoms with E-state index >= 15 is 0 Å². The van der Waals surface area contributed by atoms with Gasteiger partial charge in [0.1, 0.15) is 11.6 Å². The first-order valence-electron chi connectivity index (χ1n) is 5.08. The van der Waals surface area contributed by atoms with E-state index in [9.17, 15) is 8.78 Å². The molecule has 2 aromatic rings. The molecule has 0 atom stereocenters. The number of aromatic nitrogens is 2. The fourth-order valence-electron chi connectivity index (χ4n) is 1.56. The highest BCUT2D eigenvalue weighted by atomic mass is 19.1. The molecule has 0 saturated carbocycles. The maximum absolute atomic E-state index is 13.6. The molecule has 0 fully saturated rings. The number of nitrogens with zero attached hydrogens (tertiary/aromatic N) is 2. The Morgan fingerprint density at radius 3 is 2.53 bits per heavy atom. The van der Waals surface area contributed by atoms with E-state index in [1.165, 1.54) is 18.3 Å². The minimum atomic E-state index is -0.617. The summed E-state index contributed by atoms with van der Waals surface area (Å²) in [5.41, 5.74) is 1.49. The van der Waals surface area contributed by atoms with Gasteiger partial charge in [-0.05, 0) is 19.1 Å². The molecule has 1 aromatic carbocycles. The Bertz CT molecular complexity index is 555. The van der Waals surface area contributed by atoms with Crippen LogP contribution in [0, 0.1) is 18.6 Å². The zero-order chi connectivity index (χ0) is 12.4. The number of rotatable bonds is 2. The first kappa shape index (κ1) is 11.4. The lowest BCUT2D eigenvalue weighted by molar-refractivity contribution is 0.585. The number of hydrogen-bond donors (Lipinski definition) is 1. The van der Waals surface area contributed by atoms with Crippen LogP contribution in [0.25, 0.3) is 11.1 Å². The van der Waals surface area contributed by atoms with Crippen molar-refractivity contribution >= 4 is 5.95 Å². The van der Waals surface area contributed by atoms with E-state index in [0.717, 1.165) is 6.07 Å². The van der Waals surface area contributed by atoms with Gasteiger partial charge in [0.25, 0.3) is 0 Å². The quantitative estimate of drug-likeness (QED) is 0.869. The summed E-state index contributed by atoms with van der Waals surface area (Å²) in [5.74, 6) is -0.751. The predicted molar refractivity (Wildman–Crippen MR) is 61.7 cm³/mol. The fourth-order valence-corrected chi connectivity index (χ4v) is 1.56. The molecule has 0 bridgehead atoms. The average molecular weight is 235 g/mol. The van der Waals surface area contributed by atoms with Crippen molar-refractivity contribution < 1.29 is 8.78 Å². The van der Waals surface area contributed by atoms with E-state index in [0.29, 0.717) is 22.8 Å². The maximum Gasteiger partial charge on any atom is 0.222 e. The summed E-state index contributed by atoms with van der Waals surface area (Å²) in [7, 11) is 1.70. The summed E-state index contributed by atoms with van der Waals surface area (Å²) in [5, 5.41) is 2.79. The number of halogens is 2. The van der Waals surface area contributed by atoms with E-state index in [1.807, 2.05) is 0 Å². The van der Waals surface area contributed by atoms with Gasteiger partial charge in [0.2, 0.25) is 5.95 Å². The molecular weight excluding hydrogens is 224 g/mol. The molecule has 88 valence electrons. The van der Waals surface area contributed by atoms with E-state index in [2.05, 4.69) is 15.3 Å². The third-order valence-corrected chi connectivity index (χ3v) is 2.42. The molecule has 0 aliphatic carbocycles. The largest absolute Gasteiger partial charge is 0.357 e. The Kier molecular flexibility index (Phi) is 2.99. The SMILES string of the molecule is CNc1ncc(-c2ccc(F)cc2F)c(C)n1. The van der Waals surface area contributed by atoms with E-state index < -0.39 is 11.6 Å². The van der Waals surface area contributed by atoms with E-state index in [4.69, 9.17) is 0 Å². The van der Waals surface area contributed by atoms with Gasteiger partial charge >= 0.3 is 0 Å². The lowest BCUT2D eigenvalue weighted by atomic mass is 10.1. The second-order valence-electron chi connectivity index (χ2n) is 3.57. The minimum Gasteiger partial charge on any atom is -0.357 e. The number of benzene rings is 1. The van der Waals surface area contributed by atoms with Crippen LogP contribution in [0.3, 0.4) is 0 Å². The van der Waals surface area contributed by atoms with Gasteiger partial charge in [0.05, 0.1) is 5.69 Å². The second-order valence-corrected chi connectivity index (χ2v) is 3.57. The lowest BCUT2D eigenvalue weighted by Crippen LogP contribution is -2.00. The lowest BCUT2D eigenvalue weighted by Gasteiger charge is -2.07. The monoisotopic (exact) mass is 235 g/mol. The molecular formula is C12H11F2N3. The maximum atomic E-state index is 13.6. The van der Waals surface area contributed by atoms with Crippen LogP contribution in [0.1, 0.15) is 5.69 Å². The van der Waals surface area contributed by atoms with Crippen LogP contribution >= 0.6 is 0 Å². The van der Waals surface area contributed by atoms with Crippen molar-refractivity contribution in [1.82, 2.24) is 9.97 Å². The van der Waals surface area contributed by atoms with Gasteiger partial charge < -0.3 is 5.32 Å². The van der Waals surface area contributed by atoms with Gasteiger partial charge in [-0.3, -0.25) is 0 Å². The Balaban J connectivity index is 2.53. The molecule has 1 N–H and O–H groups in total. The summed E-state index contributed by atoms with van der Waals surface area (Å²) < 4.78 is 26.4. The van der Waals surface area contributed by atoms with Crippen LogP contribution in [0.5, 0.6) is 0 Å².